The summed E-state index contributed by atoms with van der Waals surface area (Å²) in [4.78, 5) is 12.9. The number of hydrazine groups is 1. The number of halogens is 1. The predicted octanol–water partition coefficient (Wildman–Crippen LogP) is 1.06. The smallest absolute Gasteiger partial charge is 0.181 e. The number of hydrogen-bond acceptors (Lipinski definition) is 8. The van der Waals surface area contributed by atoms with E-state index in [1.807, 2.05) is 12.2 Å². The molecule has 2 aromatic rings. The third-order valence-electron chi connectivity index (χ3n) is 4.23. The van der Waals surface area contributed by atoms with Crippen LogP contribution < -0.4 is 22.6 Å². The van der Waals surface area contributed by atoms with E-state index in [0.29, 0.717) is 23.6 Å². The van der Waals surface area contributed by atoms with E-state index >= 15 is 0 Å². The van der Waals surface area contributed by atoms with Crippen molar-refractivity contribution in [3.05, 3.63) is 59.2 Å². The van der Waals surface area contributed by atoms with E-state index in [0.717, 1.165) is 5.57 Å². The van der Waals surface area contributed by atoms with Crippen molar-refractivity contribution in [2.75, 3.05) is 17.2 Å². The van der Waals surface area contributed by atoms with Gasteiger partial charge in [0.1, 0.15) is 23.4 Å². The summed E-state index contributed by atoms with van der Waals surface area (Å²) in [6.45, 7) is 0.301. The number of nitrogens with two attached hydrogens (primary N) is 3. The molecule has 3 heterocycles. The van der Waals surface area contributed by atoms with E-state index in [-0.39, 0.29) is 29.3 Å². The fourth-order valence-corrected chi connectivity index (χ4v) is 2.91. The molecule has 0 amide bonds. The Morgan fingerprint density at radius 3 is 2.58 bits per heavy atom. The van der Waals surface area contributed by atoms with E-state index in [4.69, 9.17) is 17.2 Å². The third kappa shape index (κ3) is 2.64. The molecule has 26 heavy (non-hydrogen) atoms. The molecule has 0 saturated heterocycles. The van der Waals surface area contributed by atoms with Gasteiger partial charge in [0.05, 0.1) is 0 Å². The normalized spacial score (nSPS) is 18.9. The zero-order chi connectivity index (χ0) is 18.3. The van der Waals surface area contributed by atoms with Crippen LogP contribution in [0.2, 0.25) is 0 Å². The Hall–Kier alpha value is -3.46. The maximum Gasteiger partial charge on any atom is 0.181 e. The van der Waals surface area contributed by atoms with Gasteiger partial charge in [0.15, 0.2) is 17.5 Å². The molecule has 8 nitrogen and oxygen atoms in total. The first-order valence-electron chi connectivity index (χ1n) is 7.94. The highest BCUT2D eigenvalue weighted by Crippen LogP contribution is 2.32. The minimum absolute atomic E-state index is 0.106. The number of aromatic nitrogens is 2. The third-order valence-corrected chi connectivity index (χ3v) is 4.23. The molecule has 2 aliphatic heterocycles. The first kappa shape index (κ1) is 16.0. The Balaban J connectivity index is 1.71. The van der Waals surface area contributed by atoms with Crippen LogP contribution in [0.25, 0.3) is 5.70 Å². The lowest BCUT2D eigenvalue weighted by Gasteiger charge is -2.24. The lowest BCUT2D eigenvalue weighted by molar-refractivity contribution is 0.193. The van der Waals surface area contributed by atoms with Crippen LogP contribution in [0.4, 0.5) is 21.7 Å². The summed E-state index contributed by atoms with van der Waals surface area (Å²) in [5, 5.41) is 1.80. The molecular weight excluding hydrogens is 335 g/mol. The molecule has 132 valence electrons. The number of nitrogen functional groups attached to an aromatic ring is 3. The Bertz CT molecular complexity index is 942. The van der Waals surface area contributed by atoms with Gasteiger partial charge in [-0.3, -0.25) is 4.99 Å². The van der Waals surface area contributed by atoms with Gasteiger partial charge in [0.25, 0.3) is 0 Å². The van der Waals surface area contributed by atoms with E-state index in [1.165, 1.54) is 6.07 Å². The number of hydrogen-bond donors (Lipinski definition) is 4. The van der Waals surface area contributed by atoms with Crippen LogP contribution >= 0.6 is 0 Å². The first-order chi connectivity index (χ1) is 12.5. The van der Waals surface area contributed by atoms with Gasteiger partial charge in [-0.2, -0.15) is 5.01 Å². The quantitative estimate of drug-likeness (QED) is 0.649. The van der Waals surface area contributed by atoms with E-state index in [9.17, 15) is 4.39 Å². The number of anilines is 3. The van der Waals surface area contributed by atoms with E-state index < -0.39 is 0 Å². The molecule has 1 aromatic heterocycles. The topological polar surface area (TPSA) is 131 Å². The van der Waals surface area contributed by atoms with Crippen LogP contribution in [-0.2, 0) is 6.54 Å². The molecular formula is C17H17FN8. The van der Waals surface area contributed by atoms with Gasteiger partial charge in [-0.05, 0) is 12.1 Å². The second-order valence-corrected chi connectivity index (χ2v) is 5.92. The Morgan fingerprint density at radius 2 is 1.85 bits per heavy atom. The summed E-state index contributed by atoms with van der Waals surface area (Å²) in [6, 6.07) is 6.60. The minimum Gasteiger partial charge on any atom is -0.393 e. The fraction of sp³-hybridized carbons (Fsp3) is 0.118. The van der Waals surface area contributed by atoms with Crippen molar-refractivity contribution < 1.29 is 4.39 Å². The molecule has 0 saturated carbocycles. The van der Waals surface area contributed by atoms with Gasteiger partial charge in [0.2, 0.25) is 0 Å². The van der Waals surface area contributed by atoms with Crippen molar-refractivity contribution >= 4 is 29.2 Å². The number of benzene rings is 1. The number of dihydropyridines is 1. The summed E-state index contributed by atoms with van der Waals surface area (Å²) < 4.78 is 14.0. The molecule has 0 radical (unpaired) electrons. The molecule has 1 unspecified atom stereocenters. The summed E-state index contributed by atoms with van der Waals surface area (Å²) in [7, 11) is 0. The number of nitrogens with one attached hydrogen (secondary N) is 1. The van der Waals surface area contributed by atoms with Crippen molar-refractivity contribution in [3.8, 4) is 0 Å². The molecule has 0 bridgehead atoms. The van der Waals surface area contributed by atoms with Crippen molar-refractivity contribution in [2.45, 2.75) is 12.7 Å². The minimum atomic E-state index is -0.335. The monoisotopic (exact) mass is 352 g/mol. The van der Waals surface area contributed by atoms with Crippen LogP contribution in [0.3, 0.4) is 0 Å². The molecule has 1 aromatic carbocycles. The van der Waals surface area contributed by atoms with Crippen molar-refractivity contribution in [1.29, 1.82) is 0 Å². The SMILES string of the molecule is Nc1nc(C2=C3C=CC=NC3N(Cc3ccccc3F)N2)nc(N)c1N. The number of rotatable bonds is 3. The molecule has 7 N–H and O–H groups in total. The van der Waals surface area contributed by atoms with Gasteiger partial charge in [-0.1, -0.05) is 24.3 Å². The average Bonchev–Trinajstić information content (AvgIpc) is 3.00. The van der Waals surface area contributed by atoms with Crippen molar-refractivity contribution in [2.24, 2.45) is 4.99 Å². The Labute approximate surface area is 148 Å². The standard InChI is InChI=1S/C17H17FN8/c18-11-6-2-1-4-9(11)8-26-17-10(5-3-7-22-17)13(25-26)16-23-14(20)12(19)15(21)24-16/h1-7,17,25H,8,19H2,(H4,20,21,23,24). The summed E-state index contributed by atoms with van der Waals surface area (Å²) in [5.41, 5.74) is 22.7. The lowest BCUT2D eigenvalue weighted by Crippen LogP contribution is -2.38. The predicted molar refractivity (Wildman–Crippen MR) is 98.7 cm³/mol. The van der Waals surface area contributed by atoms with E-state index in [1.54, 1.807) is 29.4 Å². The average molecular weight is 352 g/mol. The highest BCUT2D eigenvalue weighted by atomic mass is 19.1. The Kier molecular flexibility index (Phi) is 3.77. The largest absolute Gasteiger partial charge is 0.393 e. The van der Waals surface area contributed by atoms with Crippen LogP contribution in [0.5, 0.6) is 0 Å². The molecule has 1 atom stereocenters. The van der Waals surface area contributed by atoms with Gasteiger partial charge in [-0.25, -0.2) is 14.4 Å². The van der Waals surface area contributed by atoms with Gasteiger partial charge in [-0.15, -0.1) is 0 Å². The highest BCUT2D eigenvalue weighted by Gasteiger charge is 2.34. The molecule has 2 aliphatic rings. The fourth-order valence-electron chi connectivity index (χ4n) is 2.91. The summed E-state index contributed by atoms with van der Waals surface area (Å²) >= 11 is 0. The number of aliphatic imine (C=N–C) groups is 1. The van der Waals surface area contributed by atoms with Gasteiger partial charge < -0.3 is 22.6 Å². The summed E-state index contributed by atoms with van der Waals surface area (Å²) in [5.74, 6) is 0.244. The molecule has 0 fully saturated rings. The van der Waals surface area contributed by atoms with Crippen LogP contribution in [-0.4, -0.2) is 27.4 Å². The van der Waals surface area contributed by atoms with Gasteiger partial charge in [0, 0.05) is 23.9 Å². The second kappa shape index (κ2) is 6.12. The van der Waals surface area contributed by atoms with Gasteiger partial charge >= 0.3 is 0 Å². The zero-order valence-electron chi connectivity index (χ0n) is 13.7. The maximum atomic E-state index is 14.0. The number of nitrogens with zero attached hydrogens (tertiary/aromatic N) is 4. The van der Waals surface area contributed by atoms with E-state index in [2.05, 4.69) is 20.4 Å². The first-order valence-corrected chi connectivity index (χ1v) is 7.94. The van der Waals surface area contributed by atoms with Crippen LogP contribution in [0, 0.1) is 5.82 Å². The number of allylic oxidation sites excluding steroid dienone is 1. The highest BCUT2D eigenvalue weighted by molar-refractivity contribution is 5.81. The maximum absolute atomic E-state index is 14.0. The molecule has 4 rings (SSSR count). The van der Waals surface area contributed by atoms with Crippen LogP contribution in [0.1, 0.15) is 11.4 Å². The molecule has 9 heteroatoms. The van der Waals surface area contributed by atoms with Crippen molar-refractivity contribution in [1.82, 2.24) is 20.4 Å². The number of fused-ring (bicyclic) bond motifs is 1. The molecule has 0 spiro atoms. The lowest BCUT2D eigenvalue weighted by atomic mass is 10.1. The van der Waals surface area contributed by atoms with Crippen molar-refractivity contribution in [3.63, 3.8) is 0 Å². The zero-order valence-corrected chi connectivity index (χ0v) is 13.7. The molecule has 0 aliphatic carbocycles. The summed E-state index contributed by atoms with van der Waals surface area (Å²) in [6.07, 6.45) is 5.07. The van der Waals surface area contributed by atoms with Crippen LogP contribution in [0.15, 0.2) is 47.0 Å². The Morgan fingerprint density at radius 1 is 1.12 bits per heavy atom. The second-order valence-electron chi connectivity index (χ2n) is 5.92.